The molecule has 146 valence electrons. The SMILES string of the molecule is Cc1cccc(C(C)(C)CNC(=O)CS(=O)(=O)NC2CCC(C)CC2)c1. The van der Waals surface area contributed by atoms with Crippen LogP contribution in [0.2, 0.25) is 0 Å². The van der Waals surface area contributed by atoms with E-state index in [0.717, 1.165) is 36.8 Å². The molecule has 0 aliphatic heterocycles. The quantitative estimate of drug-likeness (QED) is 0.764. The Morgan fingerprint density at radius 2 is 1.85 bits per heavy atom. The van der Waals surface area contributed by atoms with E-state index >= 15 is 0 Å². The second-order valence-corrected chi connectivity index (χ2v) is 10.1. The molecule has 6 heteroatoms. The van der Waals surface area contributed by atoms with Crippen LogP contribution in [0, 0.1) is 12.8 Å². The van der Waals surface area contributed by atoms with Gasteiger partial charge in [-0.3, -0.25) is 4.79 Å². The van der Waals surface area contributed by atoms with Crippen LogP contribution in [0.25, 0.3) is 0 Å². The number of rotatable bonds is 7. The van der Waals surface area contributed by atoms with Gasteiger partial charge in [-0.15, -0.1) is 0 Å². The van der Waals surface area contributed by atoms with Crippen LogP contribution in [0.3, 0.4) is 0 Å². The van der Waals surface area contributed by atoms with Crippen molar-refractivity contribution in [3.8, 4) is 0 Å². The van der Waals surface area contributed by atoms with Gasteiger partial charge in [-0.05, 0) is 44.1 Å². The Labute approximate surface area is 158 Å². The zero-order chi connectivity index (χ0) is 19.4. The Morgan fingerprint density at radius 1 is 1.19 bits per heavy atom. The zero-order valence-corrected chi connectivity index (χ0v) is 17.2. The van der Waals surface area contributed by atoms with Crippen molar-refractivity contribution in [1.29, 1.82) is 0 Å². The largest absolute Gasteiger partial charge is 0.354 e. The summed E-state index contributed by atoms with van der Waals surface area (Å²) in [6.07, 6.45) is 3.76. The van der Waals surface area contributed by atoms with Crippen molar-refractivity contribution in [2.45, 2.75) is 64.8 Å². The second-order valence-electron chi connectivity index (χ2n) is 8.36. The minimum Gasteiger partial charge on any atom is -0.354 e. The number of benzene rings is 1. The van der Waals surface area contributed by atoms with Crippen molar-refractivity contribution >= 4 is 15.9 Å². The maximum atomic E-state index is 12.3. The fourth-order valence-electron chi connectivity index (χ4n) is 3.38. The third kappa shape index (κ3) is 6.40. The highest BCUT2D eigenvalue weighted by Gasteiger charge is 2.26. The minimum atomic E-state index is -3.60. The molecular weight excluding hydrogens is 348 g/mol. The molecule has 1 aromatic rings. The molecule has 0 aromatic heterocycles. The molecular formula is C20H32N2O3S. The summed E-state index contributed by atoms with van der Waals surface area (Å²) in [6.45, 7) is 8.69. The highest BCUT2D eigenvalue weighted by atomic mass is 32.2. The maximum Gasteiger partial charge on any atom is 0.236 e. The highest BCUT2D eigenvalue weighted by molar-refractivity contribution is 7.90. The fraction of sp³-hybridized carbons (Fsp3) is 0.650. The molecule has 2 rings (SSSR count). The molecule has 0 atom stereocenters. The van der Waals surface area contributed by atoms with E-state index in [0.29, 0.717) is 12.5 Å². The molecule has 0 bridgehead atoms. The standard InChI is InChI=1S/C20H32N2O3S/c1-15-8-10-18(11-9-15)22-26(24,25)13-19(23)21-14-20(3,4)17-7-5-6-16(2)12-17/h5-7,12,15,18,22H,8-11,13-14H2,1-4H3,(H,21,23). The first-order chi connectivity index (χ1) is 12.1. The van der Waals surface area contributed by atoms with Crippen molar-refractivity contribution in [2.75, 3.05) is 12.3 Å². The number of carbonyl (C=O) groups excluding carboxylic acids is 1. The van der Waals surface area contributed by atoms with Crippen molar-refractivity contribution < 1.29 is 13.2 Å². The van der Waals surface area contributed by atoms with Crippen LogP contribution < -0.4 is 10.0 Å². The number of sulfonamides is 1. The molecule has 26 heavy (non-hydrogen) atoms. The lowest BCUT2D eigenvalue weighted by atomic mass is 9.84. The molecule has 0 spiro atoms. The van der Waals surface area contributed by atoms with E-state index in [4.69, 9.17) is 0 Å². The van der Waals surface area contributed by atoms with Crippen LogP contribution in [0.5, 0.6) is 0 Å². The molecule has 1 aromatic carbocycles. The van der Waals surface area contributed by atoms with Crippen LogP contribution in [-0.4, -0.2) is 32.7 Å². The Hall–Kier alpha value is -1.40. The smallest absolute Gasteiger partial charge is 0.236 e. The van der Waals surface area contributed by atoms with Crippen LogP contribution in [-0.2, 0) is 20.2 Å². The lowest BCUT2D eigenvalue weighted by Crippen LogP contribution is -2.44. The summed E-state index contributed by atoms with van der Waals surface area (Å²) in [5.74, 6) is -0.312. The molecule has 2 N–H and O–H groups in total. The van der Waals surface area contributed by atoms with Crippen LogP contribution in [0.1, 0.15) is 57.6 Å². The normalized spacial score (nSPS) is 21.4. The van der Waals surface area contributed by atoms with Gasteiger partial charge in [0.1, 0.15) is 5.75 Å². The molecule has 1 saturated carbocycles. The predicted molar refractivity (Wildman–Crippen MR) is 106 cm³/mol. The summed E-state index contributed by atoms with van der Waals surface area (Å²) >= 11 is 0. The number of nitrogens with one attached hydrogen (secondary N) is 2. The van der Waals surface area contributed by atoms with Crippen LogP contribution in [0.15, 0.2) is 24.3 Å². The topological polar surface area (TPSA) is 75.3 Å². The van der Waals surface area contributed by atoms with E-state index in [1.807, 2.05) is 39.0 Å². The number of aryl methyl sites for hydroxylation is 1. The first-order valence-electron chi connectivity index (χ1n) is 9.41. The van der Waals surface area contributed by atoms with Gasteiger partial charge in [0.15, 0.2) is 0 Å². The summed E-state index contributed by atoms with van der Waals surface area (Å²) < 4.78 is 27.2. The van der Waals surface area contributed by atoms with Crippen LogP contribution in [0.4, 0.5) is 0 Å². The van der Waals surface area contributed by atoms with E-state index in [2.05, 4.69) is 23.0 Å². The summed E-state index contributed by atoms with van der Waals surface area (Å²) in [5.41, 5.74) is 2.02. The number of carbonyl (C=O) groups is 1. The predicted octanol–water partition coefficient (Wildman–Crippen LogP) is 2.89. The monoisotopic (exact) mass is 380 g/mol. The molecule has 1 aliphatic carbocycles. The first-order valence-corrected chi connectivity index (χ1v) is 11.1. The average molecular weight is 381 g/mol. The Kier molecular flexibility index (Phi) is 6.86. The summed E-state index contributed by atoms with van der Waals surface area (Å²) in [5, 5.41) is 2.78. The second kappa shape index (κ2) is 8.53. The molecule has 5 nitrogen and oxygen atoms in total. The minimum absolute atomic E-state index is 0.0345. The third-order valence-corrected chi connectivity index (χ3v) is 6.54. The van der Waals surface area contributed by atoms with Crippen molar-refractivity contribution in [3.63, 3.8) is 0 Å². The zero-order valence-electron chi connectivity index (χ0n) is 16.3. The summed E-state index contributed by atoms with van der Waals surface area (Å²) in [7, 11) is -3.60. The number of hydrogen-bond acceptors (Lipinski definition) is 3. The van der Waals surface area contributed by atoms with E-state index in [-0.39, 0.29) is 11.5 Å². The van der Waals surface area contributed by atoms with Gasteiger partial charge in [0.2, 0.25) is 15.9 Å². The van der Waals surface area contributed by atoms with Gasteiger partial charge < -0.3 is 5.32 Å². The molecule has 1 amide bonds. The van der Waals surface area contributed by atoms with E-state index in [9.17, 15) is 13.2 Å². The van der Waals surface area contributed by atoms with Crippen molar-refractivity contribution in [3.05, 3.63) is 35.4 Å². The third-order valence-electron chi connectivity index (χ3n) is 5.21. The molecule has 0 heterocycles. The van der Waals surface area contributed by atoms with E-state index < -0.39 is 21.7 Å². The fourth-order valence-corrected chi connectivity index (χ4v) is 4.66. The van der Waals surface area contributed by atoms with Gasteiger partial charge in [-0.1, -0.05) is 50.6 Å². The molecule has 1 aliphatic rings. The van der Waals surface area contributed by atoms with Gasteiger partial charge in [0, 0.05) is 18.0 Å². The summed E-state index contributed by atoms with van der Waals surface area (Å²) in [4.78, 5) is 12.2. The summed E-state index contributed by atoms with van der Waals surface area (Å²) in [6, 6.07) is 8.11. The highest BCUT2D eigenvalue weighted by Crippen LogP contribution is 2.24. The molecule has 0 radical (unpaired) electrons. The van der Waals surface area contributed by atoms with Gasteiger partial charge in [0.25, 0.3) is 0 Å². The molecule has 1 fully saturated rings. The first kappa shape index (κ1) is 20.9. The lowest BCUT2D eigenvalue weighted by molar-refractivity contribution is -0.118. The Balaban J connectivity index is 1.85. The lowest BCUT2D eigenvalue weighted by Gasteiger charge is -2.27. The van der Waals surface area contributed by atoms with Gasteiger partial charge in [-0.2, -0.15) is 0 Å². The Bertz CT molecular complexity index is 720. The average Bonchev–Trinajstić information content (AvgIpc) is 2.55. The van der Waals surface area contributed by atoms with E-state index in [1.54, 1.807) is 0 Å². The molecule has 0 saturated heterocycles. The van der Waals surface area contributed by atoms with Gasteiger partial charge in [0.05, 0.1) is 0 Å². The Morgan fingerprint density at radius 3 is 2.46 bits per heavy atom. The van der Waals surface area contributed by atoms with Crippen LogP contribution >= 0.6 is 0 Å². The molecule has 0 unspecified atom stereocenters. The van der Waals surface area contributed by atoms with Crippen molar-refractivity contribution in [1.82, 2.24) is 10.0 Å². The maximum absolute atomic E-state index is 12.3. The van der Waals surface area contributed by atoms with Gasteiger partial charge >= 0.3 is 0 Å². The number of amides is 1. The van der Waals surface area contributed by atoms with Gasteiger partial charge in [-0.25, -0.2) is 13.1 Å². The van der Waals surface area contributed by atoms with Crippen molar-refractivity contribution in [2.24, 2.45) is 5.92 Å². The number of hydrogen-bond donors (Lipinski definition) is 2. The van der Waals surface area contributed by atoms with E-state index in [1.165, 1.54) is 0 Å².